The molecular weight excluding hydrogens is 360 g/mol. The maximum atomic E-state index is 12.9. The number of pyridine rings is 1. The lowest BCUT2D eigenvalue weighted by molar-refractivity contribution is 0.0602. The van der Waals surface area contributed by atoms with Crippen molar-refractivity contribution in [3.63, 3.8) is 0 Å². The number of likely N-dealkylation sites (tertiary alicyclic amines) is 1. The summed E-state index contributed by atoms with van der Waals surface area (Å²) in [7, 11) is 0. The van der Waals surface area contributed by atoms with Gasteiger partial charge >= 0.3 is 0 Å². The van der Waals surface area contributed by atoms with Crippen LogP contribution in [0.3, 0.4) is 0 Å². The molecule has 5 nitrogen and oxygen atoms in total. The fourth-order valence-corrected chi connectivity index (χ4v) is 4.51. The second kappa shape index (κ2) is 9.29. The second-order valence-corrected chi connectivity index (χ2v) is 8.21. The first kappa shape index (κ1) is 19.7. The zero-order valence-electron chi connectivity index (χ0n) is 17.4. The number of carbonyl (C=O) groups is 1. The number of aromatic nitrogens is 1. The first-order valence-electron chi connectivity index (χ1n) is 11.1. The van der Waals surface area contributed by atoms with E-state index >= 15 is 0 Å². The smallest absolute Gasteiger partial charge is 0.272 e. The second-order valence-electron chi connectivity index (χ2n) is 8.21. The van der Waals surface area contributed by atoms with Crippen LogP contribution in [0.5, 0.6) is 0 Å². The Kier molecular flexibility index (Phi) is 6.33. The van der Waals surface area contributed by atoms with E-state index in [-0.39, 0.29) is 5.91 Å². The molecule has 1 unspecified atom stereocenters. The summed E-state index contributed by atoms with van der Waals surface area (Å²) in [6.45, 7) is 5.32. The Morgan fingerprint density at radius 3 is 2.38 bits per heavy atom. The highest BCUT2D eigenvalue weighted by Crippen LogP contribution is 2.24. The normalized spacial score (nSPS) is 19.8. The molecule has 2 aromatic rings. The lowest BCUT2D eigenvalue weighted by Crippen LogP contribution is -2.43. The summed E-state index contributed by atoms with van der Waals surface area (Å²) in [5, 5.41) is 3.39. The molecule has 29 heavy (non-hydrogen) atoms. The molecule has 2 aliphatic heterocycles. The van der Waals surface area contributed by atoms with Crippen molar-refractivity contribution in [1.82, 2.24) is 9.88 Å². The van der Waals surface area contributed by atoms with Gasteiger partial charge in [-0.25, -0.2) is 4.98 Å². The quantitative estimate of drug-likeness (QED) is 0.758. The van der Waals surface area contributed by atoms with E-state index in [1.165, 1.54) is 31.4 Å². The molecule has 1 atom stereocenters. The van der Waals surface area contributed by atoms with Gasteiger partial charge in [0.1, 0.15) is 5.69 Å². The molecule has 4 rings (SSSR count). The number of amides is 1. The van der Waals surface area contributed by atoms with Gasteiger partial charge in [-0.3, -0.25) is 4.79 Å². The lowest BCUT2D eigenvalue weighted by atomic mass is 9.99. The molecule has 1 aromatic carbocycles. The van der Waals surface area contributed by atoms with Crippen LogP contribution in [0.1, 0.15) is 62.4 Å². The van der Waals surface area contributed by atoms with Crippen LogP contribution < -0.4 is 10.2 Å². The number of benzene rings is 1. The van der Waals surface area contributed by atoms with E-state index in [9.17, 15) is 4.79 Å². The standard InChI is InChI=1S/C24H32N4O/c1-2-21-8-4-7-17-28(21)24(29)23-14-11-20(18-25-23)26-19-9-12-22(13-10-19)27-15-5-3-6-16-27/h9-14,18,21,26H,2-8,15-17H2,1H3. The van der Waals surface area contributed by atoms with E-state index in [4.69, 9.17) is 0 Å². The van der Waals surface area contributed by atoms with Gasteiger partial charge in [-0.15, -0.1) is 0 Å². The van der Waals surface area contributed by atoms with Gasteiger partial charge in [0, 0.05) is 37.1 Å². The molecule has 1 amide bonds. The highest BCUT2D eigenvalue weighted by molar-refractivity contribution is 5.92. The fraction of sp³-hybridized carbons (Fsp3) is 0.500. The number of carbonyl (C=O) groups excluding carboxylic acids is 1. The molecule has 2 aliphatic rings. The van der Waals surface area contributed by atoms with Crippen molar-refractivity contribution in [2.24, 2.45) is 0 Å². The van der Waals surface area contributed by atoms with Crippen LogP contribution in [0, 0.1) is 0 Å². The number of nitrogens with one attached hydrogen (secondary N) is 1. The summed E-state index contributed by atoms with van der Waals surface area (Å²) in [4.78, 5) is 21.8. The number of hydrogen-bond acceptors (Lipinski definition) is 4. The van der Waals surface area contributed by atoms with Crippen LogP contribution in [0.15, 0.2) is 42.6 Å². The van der Waals surface area contributed by atoms with E-state index in [0.29, 0.717) is 11.7 Å². The summed E-state index contributed by atoms with van der Waals surface area (Å²) >= 11 is 0. The van der Waals surface area contributed by atoms with Crippen molar-refractivity contribution in [1.29, 1.82) is 0 Å². The Balaban J connectivity index is 1.38. The van der Waals surface area contributed by atoms with E-state index in [1.807, 2.05) is 17.0 Å². The van der Waals surface area contributed by atoms with Gasteiger partial charge in [-0.05, 0) is 81.3 Å². The molecule has 3 heterocycles. The summed E-state index contributed by atoms with van der Waals surface area (Å²) < 4.78 is 0. The number of nitrogens with zero attached hydrogens (tertiary/aromatic N) is 3. The van der Waals surface area contributed by atoms with Crippen molar-refractivity contribution >= 4 is 23.0 Å². The van der Waals surface area contributed by atoms with Gasteiger partial charge in [-0.2, -0.15) is 0 Å². The topological polar surface area (TPSA) is 48.5 Å². The van der Waals surface area contributed by atoms with Crippen molar-refractivity contribution in [2.75, 3.05) is 29.9 Å². The Morgan fingerprint density at radius 2 is 1.69 bits per heavy atom. The molecule has 0 spiro atoms. The predicted octanol–water partition coefficient (Wildman–Crippen LogP) is 5.22. The molecule has 0 aliphatic carbocycles. The molecule has 154 valence electrons. The highest BCUT2D eigenvalue weighted by atomic mass is 16.2. The van der Waals surface area contributed by atoms with Crippen LogP contribution in [-0.4, -0.2) is 41.5 Å². The molecule has 0 saturated carbocycles. The Labute approximate surface area is 174 Å². The van der Waals surface area contributed by atoms with Crippen molar-refractivity contribution in [3.05, 3.63) is 48.3 Å². The third-order valence-electron chi connectivity index (χ3n) is 6.22. The largest absolute Gasteiger partial charge is 0.372 e. The number of hydrogen-bond donors (Lipinski definition) is 1. The Hall–Kier alpha value is -2.56. The lowest BCUT2D eigenvalue weighted by Gasteiger charge is -2.35. The van der Waals surface area contributed by atoms with Crippen LogP contribution >= 0.6 is 0 Å². The number of rotatable bonds is 5. The van der Waals surface area contributed by atoms with Gasteiger partial charge < -0.3 is 15.1 Å². The Morgan fingerprint density at radius 1 is 0.966 bits per heavy atom. The average Bonchev–Trinajstić information content (AvgIpc) is 2.80. The first-order chi connectivity index (χ1) is 14.2. The van der Waals surface area contributed by atoms with E-state index < -0.39 is 0 Å². The minimum Gasteiger partial charge on any atom is -0.372 e. The van der Waals surface area contributed by atoms with Crippen molar-refractivity contribution in [2.45, 2.75) is 57.9 Å². The molecular formula is C24H32N4O. The van der Waals surface area contributed by atoms with Gasteiger partial charge in [0.05, 0.1) is 11.9 Å². The van der Waals surface area contributed by atoms with Crippen LogP contribution in [0.2, 0.25) is 0 Å². The molecule has 2 saturated heterocycles. The SMILES string of the molecule is CCC1CCCCN1C(=O)c1ccc(Nc2ccc(N3CCCCC3)cc2)cn1. The molecule has 5 heteroatoms. The summed E-state index contributed by atoms with van der Waals surface area (Å²) in [5.41, 5.74) is 3.77. The fourth-order valence-electron chi connectivity index (χ4n) is 4.51. The third-order valence-corrected chi connectivity index (χ3v) is 6.22. The van der Waals surface area contributed by atoms with Gasteiger partial charge in [-0.1, -0.05) is 6.92 Å². The van der Waals surface area contributed by atoms with Gasteiger partial charge in [0.2, 0.25) is 0 Å². The Bertz CT molecular complexity index is 797. The zero-order chi connectivity index (χ0) is 20.1. The monoisotopic (exact) mass is 392 g/mol. The van der Waals surface area contributed by atoms with E-state index in [2.05, 4.69) is 46.4 Å². The molecule has 1 N–H and O–H groups in total. The zero-order valence-corrected chi connectivity index (χ0v) is 17.4. The third kappa shape index (κ3) is 4.72. The van der Waals surface area contributed by atoms with Crippen LogP contribution in [-0.2, 0) is 0 Å². The van der Waals surface area contributed by atoms with Gasteiger partial charge in [0.25, 0.3) is 5.91 Å². The first-order valence-corrected chi connectivity index (χ1v) is 11.1. The number of piperidine rings is 2. The van der Waals surface area contributed by atoms with Gasteiger partial charge in [0.15, 0.2) is 0 Å². The maximum absolute atomic E-state index is 12.9. The predicted molar refractivity (Wildman–Crippen MR) is 119 cm³/mol. The minimum atomic E-state index is 0.0639. The summed E-state index contributed by atoms with van der Waals surface area (Å²) in [6, 6.07) is 12.7. The minimum absolute atomic E-state index is 0.0639. The molecule has 0 radical (unpaired) electrons. The highest BCUT2D eigenvalue weighted by Gasteiger charge is 2.26. The average molecular weight is 393 g/mol. The van der Waals surface area contributed by atoms with Crippen LogP contribution in [0.25, 0.3) is 0 Å². The van der Waals surface area contributed by atoms with E-state index in [1.54, 1.807) is 6.20 Å². The molecule has 2 fully saturated rings. The maximum Gasteiger partial charge on any atom is 0.272 e. The number of anilines is 3. The van der Waals surface area contributed by atoms with Crippen molar-refractivity contribution < 1.29 is 4.79 Å². The van der Waals surface area contributed by atoms with E-state index in [0.717, 1.165) is 50.3 Å². The van der Waals surface area contributed by atoms with Crippen molar-refractivity contribution in [3.8, 4) is 0 Å². The summed E-state index contributed by atoms with van der Waals surface area (Å²) in [5.74, 6) is 0.0639. The molecule has 0 bridgehead atoms. The summed E-state index contributed by atoms with van der Waals surface area (Å²) in [6.07, 6.45) is 10.1. The molecule has 1 aromatic heterocycles. The van der Waals surface area contributed by atoms with Crippen LogP contribution in [0.4, 0.5) is 17.1 Å².